The van der Waals surface area contributed by atoms with Gasteiger partial charge in [-0.3, -0.25) is 24.2 Å². The summed E-state index contributed by atoms with van der Waals surface area (Å²) < 4.78 is 39.2. The van der Waals surface area contributed by atoms with Crippen LogP contribution in [-0.4, -0.2) is 29.3 Å². The van der Waals surface area contributed by atoms with E-state index in [1.807, 2.05) is 12.2 Å². The van der Waals surface area contributed by atoms with Crippen molar-refractivity contribution in [3.63, 3.8) is 0 Å². The van der Waals surface area contributed by atoms with Crippen LogP contribution in [0.3, 0.4) is 0 Å². The number of carbonyl (C=O) groups excluding carboxylic acids is 3. The number of anilines is 1. The molecular formula is C21H19F3N2O3. The number of hydrogen-bond donors (Lipinski definition) is 0. The second kappa shape index (κ2) is 5.93. The minimum Gasteiger partial charge on any atom is -0.294 e. The van der Waals surface area contributed by atoms with Crippen molar-refractivity contribution >= 4 is 23.4 Å². The van der Waals surface area contributed by atoms with Gasteiger partial charge in [-0.1, -0.05) is 18.2 Å². The van der Waals surface area contributed by atoms with E-state index in [1.165, 1.54) is 19.1 Å². The van der Waals surface area contributed by atoms with E-state index in [0.717, 1.165) is 28.4 Å². The molecule has 0 unspecified atom stereocenters. The van der Waals surface area contributed by atoms with Crippen molar-refractivity contribution in [3.8, 4) is 0 Å². The Hall–Kier alpha value is -2.64. The van der Waals surface area contributed by atoms with Gasteiger partial charge in [-0.15, -0.1) is 0 Å². The fourth-order valence-corrected chi connectivity index (χ4v) is 5.51. The van der Waals surface area contributed by atoms with Crippen molar-refractivity contribution in [3.05, 3.63) is 42.0 Å². The van der Waals surface area contributed by atoms with E-state index in [9.17, 15) is 27.6 Å². The van der Waals surface area contributed by atoms with Crippen LogP contribution in [0.2, 0.25) is 0 Å². The Morgan fingerprint density at radius 2 is 1.69 bits per heavy atom. The third kappa shape index (κ3) is 2.64. The third-order valence-electron chi connectivity index (χ3n) is 6.90. The molecule has 1 saturated heterocycles. The Morgan fingerprint density at radius 3 is 2.21 bits per heavy atom. The van der Waals surface area contributed by atoms with Gasteiger partial charge in [0.2, 0.25) is 17.7 Å². The lowest BCUT2D eigenvalue weighted by Crippen LogP contribution is -2.44. The zero-order valence-corrected chi connectivity index (χ0v) is 15.6. The topological polar surface area (TPSA) is 57.7 Å². The average molecular weight is 404 g/mol. The molecule has 2 saturated carbocycles. The van der Waals surface area contributed by atoms with Gasteiger partial charge in [0.1, 0.15) is 6.67 Å². The van der Waals surface area contributed by atoms with Crippen LogP contribution in [0.4, 0.5) is 18.9 Å². The number of imide groups is 1. The fourth-order valence-electron chi connectivity index (χ4n) is 5.51. The summed E-state index contributed by atoms with van der Waals surface area (Å²) in [6.45, 7) is 0.842. The lowest BCUT2D eigenvalue weighted by molar-refractivity contribution is -0.141. The number of carbonyl (C=O) groups is 3. The maximum atomic E-state index is 13.1. The third-order valence-corrected chi connectivity index (χ3v) is 6.90. The molecule has 4 aliphatic carbocycles. The fraction of sp³-hybridized carbons (Fsp3) is 0.476. The summed E-state index contributed by atoms with van der Waals surface area (Å²) in [5, 5.41) is 0. The van der Waals surface area contributed by atoms with Gasteiger partial charge in [0.15, 0.2) is 0 Å². The Bertz CT molecular complexity index is 921. The van der Waals surface area contributed by atoms with Crippen LogP contribution in [0.15, 0.2) is 36.4 Å². The maximum absolute atomic E-state index is 13.1. The number of halogens is 3. The Morgan fingerprint density at radius 1 is 1.10 bits per heavy atom. The van der Waals surface area contributed by atoms with Gasteiger partial charge >= 0.3 is 6.18 Å². The van der Waals surface area contributed by atoms with Crippen LogP contribution in [0.5, 0.6) is 0 Å². The van der Waals surface area contributed by atoms with Crippen LogP contribution >= 0.6 is 0 Å². The van der Waals surface area contributed by atoms with Crippen LogP contribution in [0.25, 0.3) is 0 Å². The highest BCUT2D eigenvalue weighted by Crippen LogP contribution is 2.65. The largest absolute Gasteiger partial charge is 0.416 e. The lowest BCUT2D eigenvalue weighted by atomic mass is 9.63. The highest BCUT2D eigenvalue weighted by Gasteiger charge is 2.67. The van der Waals surface area contributed by atoms with E-state index in [1.54, 1.807) is 0 Å². The number of hydrogen-bond acceptors (Lipinski definition) is 3. The standard InChI is InChI=1S/C21H19F3N2O3/c1-10(27)25(12-4-2-3-11(7-12)21(22,23)24)9-26-19(28)17-13-5-6-14(16-8-15(13)16)18(17)20(26)29/h2-7,13-18H,8-9H2,1H3/t13-,14-,15-,16-,17+,18+/m0/s1. The summed E-state index contributed by atoms with van der Waals surface area (Å²) in [6.07, 6.45) is 0.576. The monoisotopic (exact) mass is 404 g/mol. The molecule has 5 nitrogen and oxygen atoms in total. The second-order valence-corrected chi connectivity index (χ2v) is 8.40. The molecule has 0 aromatic heterocycles. The molecule has 152 valence electrons. The number of allylic oxidation sites excluding steroid dienone is 2. The smallest absolute Gasteiger partial charge is 0.294 e. The van der Waals surface area contributed by atoms with Gasteiger partial charge in [-0.05, 0) is 48.3 Å². The quantitative estimate of drug-likeness (QED) is 0.575. The summed E-state index contributed by atoms with van der Waals surface area (Å²) in [5.41, 5.74) is -0.886. The second-order valence-electron chi connectivity index (χ2n) is 8.40. The van der Waals surface area contributed by atoms with Crippen LogP contribution in [0.1, 0.15) is 18.9 Å². The number of amides is 3. The summed E-state index contributed by atoms with van der Waals surface area (Å²) in [7, 11) is 0. The average Bonchev–Trinajstić information content (AvgIpc) is 3.45. The number of benzene rings is 1. The molecule has 1 aromatic carbocycles. The van der Waals surface area contributed by atoms with E-state index >= 15 is 0 Å². The molecule has 1 heterocycles. The van der Waals surface area contributed by atoms with Crippen molar-refractivity contribution < 1.29 is 27.6 Å². The van der Waals surface area contributed by atoms with E-state index in [2.05, 4.69) is 0 Å². The molecule has 3 amide bonds. The van der Waals surface area contributed by atoms with Gasteiger partial charge in [0.05, 0.1) is 17.4 Å². The molecule has 0 spiro atoms. The highest BCUT2D eigenvalue weighted by molar-refractivity contribution is 6.07. The SMILES string of the molecule is CC(=O)N(CN1C(=O)[C@@H]2[C@H]3C=C[C@@H]([C@@H]4C[C@@H]34)[C@H]2C1=O)c1cccc(C(F)(F)F)c1. The van der Waals surface area contributed by atoms with Crippen molar-refractivity contribution in [2.24, 2.45) is 35.5 Å². The normalized spacial score (nSPS) is 34.3. The molecule has 0 radical (unpaired) electrons. The predicted molar refractivity (Wildman–Crippen MR) is 96.0 cm³/mol. The lowest BCUT2D eigenvalue weighted by Gasteiger charge is -2.37. The van der Waals surface area contributed by atoms with Gasteiger partial charge in [-0.2, -0.15) is 13.2 Å². The Labute approximate surface area is 165 Å². The van der Waals surface area contributed by atoms with Gasteiger partial charge < -0.3 is 0 Å². The van der Waals surface area contributed by atoms with Crippen molar-refractivity contribution in [2.45, 2.75) is 19.5 Å². The molecule has 1 aliphatic heterocycles. The molecule has 5 aliphatic rings. The summed E-state index contributed by atoms with van der Waals surface area (Å²) in [6, 6.07) is 4.35. The zero-order chi connectivity index (χ0) is 20.7. The minimum absolute atomic E-state index is 0.00624. The Balaban J connectivity index is 1.44. The summed E-state index contributed by atoms with van der Waals surface area (Å²) >= 11 is 0. The molecule has 29 heavy (non-hydrogen) atoms. The van der Waals surface area contributed by atoms with Gasteiger partial charge in [-0.25, -0.2) is 0 Å². The van der Waals surface area contributed by atoms with Crippen LogP contribution in [0, 0.1) is 35.5 Å². The number of alkyl halides is 3. The van der Waals surface area contributed by atoms with Crippen LogP contribution in [-0.2, 0) is 20.6 Å². The first-order valence-electron chi connectivity index (χ1n) is 9.67. The molecule has 1 aromatic rings. The number of likely N-dealkylation sites (tertiary alicyclic amines) is 1. The van der Waals surface area contributed by atoms with E-state index < -0.39 is 29.5 Å². The highest BCUT2D eigenvalue weighted by atomic mass is 19.4. The van der Waals surface area contributed by atoms with E-state index in [0.29, 0.717) is 11.8 Å². The molecule has 6 rings (SSSR count). The van der Waals surface area contributed by atoms with E-state index in [4.69, 9.17) is 0 Å². The van der Waals surface area contributed by atoms with Crippen molar-refractivity contribution in [1.82, 2.24) is 4.90 Å². The summed E-state index contributed by atoms with van der Waals surface area (Å²) in [5.74, 6) is -0.972. The van der Waals surface area contributed by atoms with Crippen LogP contribution < -0.4 is 4.90 Å². The number of nitrogens with zero attached hydrogens (tertiary/aromatic N) is 2. The Kier molecular flexibility index (Phi) is 3.76. The first-order chi connectivity index (χ1) is 13.7. The zero-order valence-electron chi connectivity index (χ0n) is 15.6. The molecule has 8 heteroatoms. The molecule has 2 bridgehead atoms. The molecule has 6 atom stereocenters. The molecule has 3 fully saturated rings. The maximum Gasteiger partial charge on any atom is 0.416 e. The minimum atomic E-state index is -4.56. The van der Waals surface area contributed by atoms with Crippen molar-refractivity contribution in [1.29, 1.82) is 0 Å². The molecule has 0 N–H and O–H groups in total. The van der Waals surface area contributed by atoms with E-state index in [-0.39, 0.29) is 36.0 Å². The summed E-state index contributed by atoms with van der Waals surface area (Å²) in [4.78, 5) is 40.5. The first kappa shape index (κ1) is 18.4. The predicted octanol–water partition coefficient (Wildman–Crippen LogP) is 3.07. The molecular weight excluding hydrogens is 385 g/mol. The van der Waals surface area contributed by atoms with Crippen molar-refractivity contribution in [2.75, 3.05) is 11.6 Å². The number of rotatable bonds is 3. The van der Waals surface area contributed by atoms with Gasteiger partial charge in [0.25, 0.3) is 0 Å². The first-order valence-corrected chi connectivity index (χ1v) is 9.67. The van der Waals surface area contributed by atoms with Gasteiger partial charge in [0, 0.05) is 12.6 Å².